The molecule has 6 nitrogen and oxygen atoms in total. The van der Waals surface area contributed by atoms with Crippen molar-refractivity contribution in [1.29, 1.82) is 0 Å². The standard InChI is InChI=1S/C19H24N4O2/c1-13-10-20-7-5-16(13)22-15-9-14-12-23(8-6-17(14)21-11-15)18(24)25-19(2,3)4/h5,7,9-11H,6,8,12H2,1-4H3,(H,20,22). The number of pyridine rings is 2. The summed E-state index contributed by atoms with van der Waals surface area (Å²) in [5.74, 6) is 0. The summed E-state index contributed by atoms with van der Waals surface area (Å²) in [6.45, 7) is 8.79. The van der Waals surface area contributed by atoms with Gasteiger partial charge in [-0.25, -0.2) is 4.79 Å². The number of hydrogen-bond acceptors (Lipinski definition) is 5. The van der Waals surface area contributed by atoms with E-state index in [1.54, 1.807) is 11.1 Å². The topological polar surface area (TPSA) is 67.4 Å². The molecule has 0 unspecified atom stereocenters. The Morgan fingerprint density at radius 3 is 2.84 bits per heavy atom. The zero-order valence-corrected chi connectivity index (χ0v) is 15.2. The molecule has 1 aliphatic rings. The smallest absolute Gasteiger partial charge is 0.410 e. The highest BCUT2D eigenvalue weighted by molar-refractivity contribution is 5.69. The van der Waals surface area contributed by atoms with E-state index in [-0.39, 0.29) is 6.09 Å². The second kappa shape index (κ2) is 6.70. The Morgan fingerprint density at radius 2 is 2.12 bits per heavy atom. The van der Waals surface area contributed by atoms with Crippen LogP contribution >= 0.6 is 0 Å². The summed E-state index contributed by atoms with van der Waals surface area (Å²) >= 11 is 0. The summed E-state index contributed by atoms with van der Waals surface area (Å²) in [6.07, 6.45) is 5.87. The van der Waals surface area contributed by atoms with Crippen molar-refractivity contribution >= 4 is 17.5 Å². The Balaban J connectivity index is 1.75. The number of hydrogen-bond donors (Lipinski definition) is 1. The predicted octanol–water partition coefficient (Wildman–Crippen LogP) is 3.82. The van der Waals surface area contributed by atoms with Gasteiger partial charge in [0, 0.05) is 36.7 Å². The lowest BCUT2D eigenvalue weighted by Gasteiger charge is -2.31. The van der Waals surface area contributed by atoms with Crippen molar-refractivity contribution in [2.75, 3.05) is 11.9 Å². The van der Waals surface area contributed by atoms with Crippen molar-refractivity contribution < 1.29 is 9.53 Å². The minimum Gasteiger partial charge on any atom is -0.444 e. The highest BCUT2D eigenvalue weighted by Gasteiger charge is 2.26. The molecule has 0 spiro atoms. The normalized spacial score (nSPS) is 14.0. The molecule has 0 saturated carbocycles. The fourth-order valence-electron chi connectivity index (χ4n) is 2.75. The third kappa shape index (κ3) is 4.26. The summed E-state index contributed by atoms with van der Waals surface area (Å²) in [4.78, 5) is 22.7. The number of aryl methyl sites for hydroxylation is 1. The fourth-order valence-corrected chi connectivity index (χ4v) is 2.75. The lowest BCUT2D eigenvalue weighted by Crippen LogP contribution is -2.40. The van der Waals surface area contributed by atoms with Crippen LogP contribution in [0, 0.1) is 6.92 Å². The van der Waals surface area contributed by atoms with Gasteiger partial charge in [0.25, 0.3) is 0 Å². The average Bonchev–Trinajstić information content (AvgIpc) is 2.55. The van der Waals surface area contributed by atoms with Crippen LogP contribution in [0.5, 0.6) is 0 Å². The minimum absolute atomic E-state index is 0.276. The molecule has 0 aromatic carbocycles. The van der Waals surface area contributed by atoms with Gasteiger partial charge in [0.05, 0.1) is 18.4 Å². The molecule has 1 amide bonds. The number of nitrogens with one attached hydrogen (secondary N) is 1. The number of anilines is 2. The molecular weight excluding hydrogens is 316 g/mol. The molecule has 6 heteroatoms. The molecule has 2 aromatic rings. The van der Waals surface area contributed by atoms with Gasteiger partial charge < -0.3 is 15.0 Å². The van der Waals surface area contributed by atoms with Gasteiger partial charge in [0.1, 0.15) is 5.60 Å². The van der Waals surface area contributed by atoms with Crippen LogP contribution in [-0.2, 0) is 17.7 Å². The fraction of sp³-hybridized carbons (Fsp3) is 0.421. The number of carbonyl (C=O) groups excluding carboxylic acids is 1. The zero-order valence-electron chi connectivity index (χ0n) is 15.2. The van der Waals surface area contributed by atoms with Gasteiger partial charge in [0.2, 0.25) is 0 Å². The Labute approximate surface area is 148 Å². The maximum atomic E-state index is 12.3. The molecule has 132 valence electrons. The SMILES string of the molecule is Cc1cnccc1Nc1cnc2c(c1)CN(C(=O)OC(C)(C)C)CC2. The summed E-state index contributed by atoms with van der Waals surface area (Å²) in [5.41, 5.74) is 4.56. The van der Waals surface area contributed by atoms with E-state index in [4.69, 9.17) is 4.74 Å². The largest absolute Gasteiger partial charge is 0.444 e. The average molecular weight is 340 g/mol. The maximum absolute atomic E-state index is 12.3. The van der Waals surface area contributed by atoms with E-state index in [9.17, 15) is 4.79 Å². The predicted molar refractivity (Wildman–Crippen MR) is 96.8 cm³/mol. The first-order chi connectivity index (χ1) is 11.8. The Bertz CT molecular complexity index is 783. The van der Waals surface area contributed by atoms with E-state index < -0.39 is 5.60 Å². The van der Waals surface area contributed by atoms with E-state index >= 15 is 0 Å². The van der Waals surface area contributed by atoms with Crippen molar-refractivity contribution in [2.45, 2.75) is 46.3 Å². The zero-order chi connectivity index (χ0) is 18.0. The van der Waals surface area contributed by atoms with Gasteiger partial charge in [-0.3, -0.25) is 9.97 Å². The van der Waals surface area contributed by atoms with E-state index in [1.807, 2.05) is 46.2 Å². The Morgan fingerprint density at radius 1 is 1.32 bits per heavy atom. The lowest BCUT2D eigenvalue weighted by molar-refractivity contribution is 0.0223. The van der Waals surface area contributed by atoms with Gasteiger partial charge >= 0.3 is 6.09 Å². The molecule has 1 aliphatic heterocycles. The number of fused-ring (bicyclic) bond motifs is 1. The maximum Gasteiger partial charge on any atom is 0.410 e. The molecule has 3 rings (SSSR count). The van der Waals surface area contributed by atoms with Crippen LogP contribution in [-0.4, -0.2) is 33.1 Å². The molecule has 0 radical (unpaired) electrons. The molecule has 0 atom stereocenters. The number of amides is 1. The van der Waals surface area contributed by atoms with Gasteiger partial charge in [-0.1, -0.05) is 0 Å². The molecule has 0 aliphatic carbocycles. The monoisotopic (exact) mass is 340 g/mol. The number of nitrogens with zero attached hydrogens (tertiary/aromatic N) is 3. The highest BCUT2D eigenvalue weighted by Crippen LogP contribution is 2.25. The van der Waals surface area contributed by atoms with Crippen molar-refractivity contribution in [2.24, 2.45) is 0 Å². The minimum atomic E-state index is -0.488. The molecule has 0 saturated heterocycles. The van der Waals surface area contributed by atoms with E-state index in [1.165, 1.54) is 0 Å². The third-order valence-corrected chi connectivity index (χ3v) is 3.99. The van der Waals surface area contributed by atoms with E-state index in [0.29, 0.717) is 13.1 Å². The van der Waals surface area contributed by atoms with Crippen LogP contribution in [0.1, 0.15) is 37.6 Å². The number of aromatic nitrogens is 2. The van der Waals surface area contributed by atoms with Crippen molar-refractivity contribution in [3.8, 4) is 0 Å². The summed E-state index contributed by atoms with van der Waals surface area (Å²) < 4.78 is 5.48. The second-order valence-electron chi connectivity index (χ2n) is 7.30. The molecule has 1 N–H and O–H groups in total. The number of rotatable bonds is 2. The van der Waals surface area contributed by atoms with Crippen molar-refractivity contribution in [3.63, 3.8) is 0 Å². The van der Waals surface area contributed by atoms with Crippen molar-refractivity contribution in [3.05, 3.63) is 47.5 Å². The van der Waals surface area contributed by atoms with Gasteiger partial charge in [-0.15, -0.1) is 0 Å². The second-order valence-corrected chi connectivity index (χ2v) is 7.30. The van der Waals surface area contributed by atoms with Crippen LogP contribution < -0.4 is 5.32 Å². The highest BCUT2D eigenvalue weighted by atomic mass is 16.6. The first kappa shape index (κ1) is 17.2. The van der Waals surface area contributed by atoms with Gasteiger partial charge in [0.15, 0.2) is 0 Å². The molecular formula is C19H24N4O2. The first-order valence-electron chi connectivity index (χ1n) is 8.45. The quantitative estimate of drug-likeness (QED) is 0.900. The van der Waals surface area contributed by atoms with E-state index in [0.717, 1.165) is 34.6 Å². The summed E-state index contributed by atoms with van der Waals surface area (Å²) in [5, 5.41) is 3.37. The van der Waals surface area contributed by atoms with Crippen LogP contribution in [0.15, 0.2) is 30.7 Å². The molecule has 0 bridgehead atoms. The third-order valence-electron chi connectivity index (χ3n) is 3.99. The summed E-state index contributed by atoms with van der Waals surface area (Å²) in [7, 11) is 0. The number of carbonyl (C=O) groups is 1. The molecule has 0 fully saturated rings. The lowest BCUT2D eigenvalue weighted by atomic mass is 10.1. The van der Waals surface area contributed by atoms with E-state index in [2.05, 4.69) is 21.4 Å². The van der Waals surface area contributed by atoms with Crippen LogP contribution in [0.3, 0.4) is 0 Å². The molecule has 2 aromatic heterocycles. The van der Waals surface area contributed by atoms with Gasteiger partial charge in [-0.2, -0.15) is 0 Å². The Kier molecular flexibility index (Phi) is 4.61. The molecule has 3 heterocycles. The summed E-state index contributed by atoms with van der Waals surface area (Å²) in [6, 6.07) is 3.99. The molecule has 25 heavy (non-hydrogen) atoms. The Hall–Kier alpha value is -2.63. The van der Waals surface area contributed by atoms with Gasteiger partial charge in [-0.05, 0) is 51.0 Å². The number of ether oxygens (including phenoxy) is 1. The first-order valence-corrected chi connectivity index (χ1v) is 8.45. The van der Waals surface area contributed by atoms with Crippen LogP contribution in [0.2, 0.25) is 0 Å². The van der Waals surface area contributed by atoms with Crippen LogP contribution in [0.25, 0.3) is 0 Å². The van der Waals surface area contributed by atoms with Crippen LogP contribution in [0.4, 0.5) is 16.2 Å². The van der Waals surface area contributed by atoms with Crippen molar-refractivity contribution in [1.82, 2.24) is 14.9 Å².